The predicted octanol–water partition coefficient (Wildman–Crippen LogP) is 3.58. The van der Waals surface area contributed by atoms with Crippen LogP contribution in [0.1, 0.15) is 17.3 Å². The minimum absolute atomic E-state index is 0.0891. The van der Waals surface area contributed by atoms with E-state index in [-0.39, 0.29) is 11.9 Å². The first-order chi connectivity index (χ1) is 10.1. The van der Waals surface area contributed by atoms with Crippen molar-refractivity contribution in [3.63, 3.8) is 0 Å². The van der Waals surface area contributed by atoms with E-state index in [0.717, 1.165) is 15.5 Å². The van der Waals surface area contributed by atoms with E-state index in [1.54, 1.807) is 23.9 Å². The fourth-order valence-corrected chi connectivity index (χ4v) is 2.54. The zero-order valence-corrected chi connectivity index (χ0v) is 12.6. The Labute approximate surface area is 127 Å². The maximum Gasteiger partial charge on any atom is 0.337 e. The molecule has 0 aromatic heterocycles. The van der Waals surface area contributed by atoms with Gasteiger partial charge in [0.05, 0.1) is 12.7 Å². The summed E-state index contributed by atoms with van der Waals surface area (Å²) in [6, 6.07) is 14.8. The molecule has 2 aromatic rings. The maximum absolute atomic E-state index is 11.3. The lowest BCUT2D eigenvalue weighted by Crippen LogP contribution is -2.05. The zero-order valence-electron chi connectivity index (χ0n) is 11.8. The highest BCUT2D eigenvalue weighted by Gasteiger charge is 2.05. The lowest BCUT2D eigenvalue weighted by atomic mass is 10.2. The number of ether oxygens (including phenoxy) is 1. The van der Waals surface area contributed by atoms with Crippen LogP contribution in [0.15, 0.2) is 58.3 Å². The van der Waals surface area contributed by atoms with Gasteiger partial charge in [-0.1, -0.05) is 11.8 Å². The summed E-state index contributed by atoms with van der Waals surface area (Å²) in [5.74, 6) is -0.431. The van der Waals surface area contributed by atoms with Crippen LogP contribution in [0.5, 0.6) is 0 Å². The Balaban J connectivity index is 2.04. The van der Waals surface area contributed by atoms with E-state index in [1.807, 2.05) is 36.4 Å². The van der Waals surface area contributed by atoms with Crippen LogP contribution in [-0.2, 0) is 9.53 Å². The lowest BCUT2D eigenvalue weighted by Gasteiger charge is -2.05. The fourth-order valence-electron chi connectivity index (χ4n) is 1.72. The number of anilines is 1. The molecule has 108 valence electrons. The Morgan fingerprint density at radius 2 is 1.48 bits per heavy atom. The molecule has 0 unspecified atom stereocenters. The number of esters is 1. The number of amides is 1. The lowest BCUT2D eigenvalue weighted by molar-refractivity contribution is -0.114. The fraction of sp³-hybridized carbons (Fsp3) is 0.125. The molecule has 0 aliphatic rings. The van der Waals surface area contributed by atoms with Gasteiger partial charge in [0.2, 0.25) is 5.91 Å². The summed E-state index contributed by atoms with van der Waals surface area (Å²) < 4.78 is 4.66. The number of methoxy groups -OCH3 is 1. The van der Waals surface area contributed by atoms with Gasteiger partial charge in [0.1, 0.15) is 0 Å². The summed E-state index contributed by atoms with van der Waals surface area (Å²) in [5.41, 5.74) is 1.30. The molecule has 0 fully saturated rings. The molecule has 1 amide bonds. The molecule has 0 radical (unpaired) electrons. The van der Waals surface area contributed by atoms with Gasteiger partial charge in [-0.15, -0.1) is 0 Å². The highest BCUT2D eigenvalue weighted by atomic mass is 32.2. The van der Waals surface area contributed by atoms with E-state index in [2.05, 4.69) is 10.1 Å². The number of nitrogens with one attached hydrogen (secondary N) is 1. The van der Waals surface area contributed by atoms with Crippen molar-refractivity contribution in [2.75, 3.05) is 12.4 Å². The van der Waals surface area contributed by atoms with Crippen LogP contribution >= 0.6 is 11.8 Å². The molecule has 4 nitrogen and oxygen atoms in total. The highest BCUT2D eigenvalue weighted by molar-refractivity contribution is 7.99. The van der Waals surface area contributed by atoms with E-state index in [1.165, 1.54) is 14.0 Å². The van der Waals surface area contributed by atoms with E-state index in [4.69, 9.17) is 0 Å². The SMILES string of the molecule is COC(=O)c1ccc(Sc2ccc(NC(C)=O)cc2)cc1. The van der Waals surface area contributed by atoms with Crippen molar-refractivity contribution >= 4 is 29.3 Å². The number of hydrogen-bond donors (Lipinski definition) is 1. The second-order valence-electron chi connectivity index (χ2n) is 4.32. The van der Waals surface area contributed by atoms with Gasteiger partial charge in [0, 0.05) is 22.4 Å². The Hall–Kier alpha value is -2.27. The molecular formula is C16H15NO3S. The Morgan fingerprint density at radius 3 is 1.95 bits per heavy atom. The minimum atomic E-state index is -0.341. The van der Waals surface area contributed by atoms with Crippen molar-refractivity contribution in [3.05, 3.63) is 54.1 Å². The first kappa shape index (κ1) is 15.1. The summed E-state index contributed by atoms with van der Waals surface area (Å²) >= 11 is 1.58. The number of carbonyl (C=O) groups excluding carboxylic acids is 2. The van der Waals surface area contributed by atoms with Gasteiger partial charge in [0.15, 0.2) is 0 Å². The molecule has 5 heteroatoms. The number of rotatable bonds is 4. The van der Waals surface area contributed by atoms with Gasteiger partial charge < -0.3 is 10.1 Å². The van der Waals surface area contributed by atoms with Gasteiger partial charge >= 0.3 is 5.97 Å². The van der Waals surface area contributed by atoms with E-state index in [0.29, 0.717) is 5.56 Å². The molecule has 21 heavy (non-hydrogen) atoms. The molecule has 0 aliphatic carbocycles. The maximum atomic E-state index is 11.3. The quantitative estimate of drug-likeness (QED) is 0.877. The topological polar surface area (TPSA) is 55.4 Å². The van der Waals surface area contributed by atoms with Crippen molar-refractivity contribution in [3.8, 4) is 0 Å². The van der Waals surface area contributed by atoms with E-state index in [9.17, 15) is 9.59 Å². The third-order valence-corrected chi connectivity index (χ3v) is 3.70. The smallest absolute Gasteiger partial charge is 0.337 e. The van der Waals surface area contributed by atoms with Crippen molar-refractivity contribution in [1.82, 2.24) is 0 Å². The van der Waals surface area contributed by atoms with Gasteiger partial charge in [0.25, 0.3) is 0 Å². The molecule has 0 aliphatic heterocycles. The highest BCUT2D eigenvalue weighted by Crippen LogP contribution is 2.28. The van der Waals surface area contributed by atoms with Crippen LogP contribution in [0.2, 0.25) is 0 Å². The summed E-state index contributed by atoms with van der Waals surface area (Å²) in [6.07, 6.45) is 0. The van der Waals surface area contributed by atoms with Crippen LogP contribution in [0, 0.1) is 0 Å². The first-order valence-corrected chi connectivity index (χ1v) is 7.14. The van der Waals surface area contributed by atoms with Gasteiger partial charge in [-0.2, -0.15) is 0 Å². The Morgan fingerprint density at radius 1 is 0.952 bits per heavy atom. The first-order valence-electron chi connectivity index (χ1n) is 6.32. The second kappa shape index (κ2) is 6.95. The van der Waals surface area contributed by atoms with E-state index < -0.39 is 0 Å². The predicted molar refractivity (Wildman–Crippen MR) is 82.7 cm³/mol. The number of hydrogen-bond acceptors (Lipinski definition) is 4. The van der Waals surface area contributed by atoms with Crippen LogP contribution in [0.4, 0.5) is 5.69 Å². The molecular weight excluding hydrogens is 286 g/mol. The molecule has 1 N–H and O–H groups in total. The third-order valence-electron chi connectivity index (χ3n) is 2.69. The Kier molecular flexibility index (Phi) is 5.00. The summed E-state index contributed by atoms with van der Waals surface area (Å²) in [6.45, 7) is 1.48. The summed E-state index contributed by atoms with van der Waals surface area (Å²) in [5, 5.41) is 2.72. The normalized spacial score (nSPS) is 10.0. The van der Waals surface area contributed by atoms with Crippen LogP contribution in [0.25, 0.3) is 0 Å². The molecule has 0 saturated carbocycles. The van der Waals surface area contributed by atoms with Crippen molar-refractivity contribution < 1.29 is 14.3 Å². The van der Waals surface area contributed by atoms with Gasteiger partial charge in [-0.05, 0) is 48.5 Å². The van der Waals surface area contributed by atoms with Gasteiger partial charge in [-0.3, -0.25) is 4.79 Å². The molecule has 0 atom stereocenters. The molecule has 2 aromatic carbocycles. The third kappa shape index (κ3) is 4.36. The molecule has 0 saturated heterocycles. The molecule has 0 spiro atoms. The van der Waals surface area contributed by atoms with Gasteiger partial charge in [-0.25, -0.2) is 4.79 Å². The molecule has 0 heterocycles. The van der Waals surface area contributed by atoms with Crippen molar-refractivity contribution in [2.45, 2.75) is 16.7 Å². The van der Waals surface area contributed by atoms with Crippen molar-refractivity contribution in [1.29, 1.82) is 0 Å². The van der Waals surface area contributed by atoms with E-state index >= 15 is 0 Å². The standard InChI is InChI=1S/C16H15NO3S/c1-11(18)17-13-5-9-15(10-6-13)21-14-7-3-12(4-8-14)16(19)20-2/h3-10H,1-2H3,(H,17,18). The summed E-state index contributed by atoms with van der Waals surface area (Å²) in [4.78, 5) is 24.4. The van der Waals surface area contributed by atoms with Crippen molar-refractivity contribution in [2.24, 2.45) is 0 Å². The number of carbonyl (C=O) groups is 2. The summed E-state index contributed by atoms with van der Waals surface area (Å²) in [7, 11) is 1.36. The minimum Gasteiger partial charge on any atom is -0.465 e. The average Bonchev–Trinajstić information content (AvgIpc) is 2.49. The zero-order chi connectivity index (χ0) is 15.2. The largest absolute Gasteiger partial charge is 0.465 e. The molecule has 0 bridgehead atoms. The average molecular weight is 301 g/mol. The monoisotopic (exact) mass is 301 g/mol. The van der Waals surface area contributed by atoms with Crippen LogP contribution in [-0.4, -0.2) is 19.0 Å². The Bertz CT molecular complexity index is 636. The second-order valence-corrected chi connectivity index (χ2v) is 5.47. The number of benzene rings is 2. The molecule has 2 rings (SSSR count). The van der Waals surface area contributed by atoms with Crippen LogP contribution < -0.4 is 5.32 Å². The van der Waals surface area contributed by atoms with Crippen LogP contribution in [0.3, 0.4) is 0 Å².